The predicted molar refractivity (Wildman–Crippen MR) is 283 cm³/mol. The van der Waals surface area contributed by atoms with E-state index < -0.39 is 102 Å². The van der Waals surface area contributed by atoms with Crippen molar-refractivity contribution in [1.29, 1.82) is 0 Å². The molecule has 22 nitrogen and oxygen atoms in total. The average molecular weight is 1050 g/mol. The molecule has 73 heavy (non-hydrogen) atoms. The van der Waals surface area contributed by atoms with Gasteiger partial charge in [-0.3, -0.25) is 52.7 Å². The molecule has 0 radical (unpaired) electrons. The summed E-state index contributed by atoms with van der Waals surface area (Å²) in [7, 11) is 1.28. The lowest BCUT2D eigenvalue weighted by atomic mass is 10.0. The molecule has 0 aliphatic carbocycles. The van der Waals surface area contributed by atoms with Crippen LogP contribution in [0.2, 0.25) is 0 Å². The number of likely N-dealkylation sites (N-methyl/N-ethyl adjacent to an activating group) is 1. The van der Waals surface area contributed by atoms with E-state index in [2.05, 4.69) is 50.5 Å². The number of nitrogens with one attached hydrogen (secondary N) is 6. The molecule has 4 atom stereocenters. The number of ether oxygens (including phenoxy) is 3. The first kappa shape index (κ1) is 81.4. The summed E-state index contributed by atoms with van der Waals surface area (Å²) in [5.74, 6) is -9.02. The van der Waals surface area contributed by atoms with Crippen molar-refractivity contribution >= 4 is 65.0 Å². The number of rotatable bonds is 19. The Balaban J connectivity index is -0.000000276. The van der Waals surface area contributed by atoms with Crippen LogP contribution in [0.15, 0.2) is 0 Å². The van der Waals surface area contributed by atoms with Gasteiger partial charge in [0.25, 0.3) is 5.91 Å². The quantitative estimate of drug-likeness (QED) is 0.0404. The van der Waals surface area contributed by atoms with Gasteiger partial charge in [0.15, 0.2) is 0 Å². The molecule has 3 unspecified atom stereocenters. The molecule has 1 heterocycles. The van der Waals surface area contributed by atoms with Gasteiger partial charge < -0.3 is 56.1 Å². The number of hydrogen-bond acceptors (Lipinski definition) is 15. The lowest BCUT2D eigenvalue weighted by Crippen LogP contribution is -2.55. The van der Waals surface area contributed by atoms with Crippen molar-refractivity contribution in [3.8, 4) is 0 Å². The minimum Gasteiger partial charge on any atom is -0.466 e. The summed E-state index contributed by atoms with van der Waals surface area (Å²) in [4.78, 5) is 133. The second-order valence-corrected chi connectivity index (χ2v) is 16.4. The SMILES string of the molecule is CC.CC.CC.CC.CCC.CCC(=O)OC(C)(C)C.CCOC(C)=O.CNC(=O)C(=O)[C@H](C)NC(=O)C1CCCN1C(=O)CNC(=O)C(NC(=O)CNC(=O)C(CCC(=O)OC(C)(C)O)NC(C)=O)C(C)C. The molecule has 1 fully saturated rings. The number of amides is 7. The number of ketones is 1. The average Bonchev–Trinajstić information content (AvgIpc) is 3.82. The zero-order chi connectivity index (χ0) is 59.2. The van der Waals surface area contributed by atoms with Crippen molar-refractivity contribution in [3.63, 3.8) is 0 Å². The highest BCUT2D eigenvalue weighted by molar-refractivity contribution is 6.38. The van der Waals surface area contributed by atoms with Crippen LogP contribution >= 0.6 is 0 Å². The second kappa shape index (κ2) is 48.6. The molecule has 0 aromatic heterocycles. The Labute approximate surface area is 438 Å². The topological polar surface area (TPSA) is 311 Å². The molecule has 0 spiro atoms. The standard InChI is InChI=1S/C29H47N7O11.C7H14O2.C4H8O2.C3H8.4C2H6/c1-15(2)23(35-20(38)13-31-25(42)18(34-17(4)37)10-11-22(40)47-29(5,6)46)27(44)32-14-21(39)36-12-8-9-19(36)26(43)33-16(3)24(41)28(45)30-7;1-5-6(8)9-7(2,3)4;1-3-6-4(2)5;1-3-2;4*1-2/h15-16,18-19,23,46H,8-14H2,1-7H3,(H,30,45)(H,31,42)(H,32,44)(H,33,43)(H,34,37)(H,35,38);5H2,1-4H3;3H2,1-2H3;3H2,1-2H3;4*1-2H3/t16-,18?,19?,23?;;;;;;;/m0......./s1. The smallest absolute Gasteiger partial charge is 0.308 e. The third-order valence-corrected chi connectivity index (χ3v) is 7.93. The minimum absolute atomic E-state index is 0.137. The fourth-order valence-corrected chi connectivity index (χ4v) is 5.18. The molecule has 430 valence electrons. The normalized spacial score (nSPS) is 13.0. The minimum atomic E-state index is -1.72. The number of nitrogens with zero attached hydrogens (tertiary/aromatic N) is 1. The highest BCUT2D eigenvalue weighted by atomic mass is 16.7. The lowest BCUT2D eigenvalue weighted by Gasteiger charge is -2.26. The van der Waals surface area contributed by atoms with Crippen LogP contribution in [-0.2, 0) is 67.0 Å². The van der Waals surface area contributed by atoms with E-state index in [0.717, 1.165) is 6.92 Å². The van der Waals surface area contributed by atoms with Gasteiger partial charge in [-0.05, 0) is 59.8 Å². The lowest BCUT2D eigenvalue weighted by molar-refractivity contribution is -0.195. The van der Waals surface area contributed by atoms with Crippen LogP contribution in [0.25, 0.3) is 0 Å². The molecular weight excluding hydrogens is 951 g/mol. The summed E-state index contributed by atoms with van der Waals surface area (Å²) in [6, 6.07) is -4.32. The van der Waals surface area contributed by atoms with Gasteiger partial charge in [-0.15, -0.1) is 0 Å². The fraction of sp³-hybridized carbons (Fsp3) is 0.784. The Kier molecular flexibility index (Phi) is 54.2. The van der Waals surface area contributed by atoms with Crippen molar-refractivity contribution in [1.82, 2.24) is 36.8 Å². The van der Waals surface area contributed by atoms with Crippen LogP contribution in [-0.4, -0.2) is 144 Å². The molecule has 7 N–H and O–H groups in total. The maximum Gasteiger partial charge on any atom is 0.308 e. The Morgan fingerprint density at radius 3 is 1.56 bits per heavy atom. The number of Topliss-reactive ketones (excluding diaryl/α,β-unsaturated/α-hetero) is 1. The first-order valence-electron chi connectivity index (χ1n) is 25.7. The van der Waals surface area contributed by atoms with Gasteiger partial charge in [-0.25, -0.2) is 0 Å². The number of likely N-dealkylation sites (tertiary alicyclic amines) is 1. The van der Waals surface area contributed by atoms with Crippen molar-refractivity contribution < 1.29 is 72.1 Å². The summed E-state index contributed by atoms with van der Waals surface area (Å²) >= 11 is 0. The van der Waals surface area contributed by atoms with Crippen molar-refractivity contribution in [2.45, 2.75) is 226 Å². The maximum atomic E-state index is 12.9. The Morgan fingerprint density at radius 1 is 0.699 bits per heavy atom. The van der Waals surface area contributed by atoms with Gasteiger partial charge in [-0.1, -0.05) is 96.4 Å². The zero-order valence-electron chi connectivity index (χ0n) is 49.1. The van der Waals surface area contributed by atoms with E-state index in [1.807, 2.05) is 76.2 Å². The van der Waals surface area contributed by atoms with Crippen LogP contribution in [0, 0.1) is 5.92 Å². The van der Waals surface area contributed by atoms with Crippen molar-refractivity contribution in [3.05, 3.63) is 0 Å². The van der Waals surface area contributed by atoms with E-state index in [9.17, 15) is 57.8 Å². The van der Waals surface area contributed by atoms with Gasteiger partial charge in [-0.2, -0.15) is 0 Å². The first-order chi connectivity index (χ1) is 33.9. The summed E-state index contributed by atoms with van der Waals surface area (Å²) in [6.45, 7) is 38.7. The Morgan fingerprint density at radius 2 is 1.19 bits per heavy atom. The summed E-state index contributed by atoms with van der Waals surface area (Å²) < 4.78 is 14.1. The zero-order valence-corrected chi connectivity index (χ0v) is 49.1. The van der Waals surface area contributed by atoms with Crippen LogP contribution in [0.1, 0.15) is 191 Å². The summed E-state index contributed by atoms with van der Waals surface area (Å²) in [6.07, 6.45) is 2.02. The predicted octanol–water partition coefficient (Wildman–Crippen LogP) is 4.56. The third-order valence-electron chi connectivity index (χ3n) is 7.93. The molecule has 1 saturated heterocycles. The number of hydrogen-bond donors (Lipinski definition) is 7. The van der Waals surface area contributed by atoms with Crippen molar-refractivity contribution in [2.75, 3.05) is 33.3 Å². The van der Waals surface area contributed by atoms with Crippen LogP contribution < -0.4 is 31.9 Å². The molecule has 1 aliphatic heterocycles. The Bertz CT molecular complexity index is 1590. The van der Waals surface area contributed by atoms with E-state index in [-0.39, 0.29) is 36.9 Å². The van der Waals surface area contributed by atoms with E-state index in [0.29, 0.717) is 25.9 Å². The van der Waals surface area contributed by atoms with E-state index >= 15 is 0 Å². The maximum absolute atomic E-state index is 12.9. The van der Waals surface area contributed by atoms with Gasteiger partial charge in [0.05, 0.1) is 25.7 Å². The molecule has 0 bridgehead atoms. The molecular formula is C51H101N7O15. The van der Waals surface area contributed by atoms with Gasteiger partial charge in [0, 0.05) is 54.1 Å². The van der Waals surface area contributed by atoms with Gasteiger partial charge in [0.1, 0.15) is 23.7 Å². The molecule has 0 aromatic rings. The summed E-state index contributed by atoms with van der Waals surface area (Å²) in [5.41, 5.74) is -0.326. The highest BCUT2D eigenvalue weighted by Crippen LogP contribution is 2.18. The largest absolute Gasteiger partial charge is 0.466 e. The highest BCUT2D eigenvalue weighted by Gasteiger charge is 2.36. The van der Waals surface area contributed by atoms with E-state index in [1.54, 1.807) is 27.7 Å². The number of aliphatic hydroxyl groups is 1. The monoisotopic (exact) mass is 1050 g/mol. The number of esters is 3. The van der Waals surface area contributed by atoms with Crippen LogP contribution in [0.3, 0.4) is 0 Å². The molecule has 1 aliphatic rings. The van der Waals surface area contributed by atoms with Gasteiger partial charge >= 0.3 is 17.9 Å². The second-order valence-electron chi connectivity index (χ2n) is 16.4. The van der Waals surface area contributed by atoms with Crippen molar-refractivity contribution in [2.24, 2.45) is 5.92 Å². The molecule has 0 aromatic carbocycles. The Hall–Kier alpha value is -5.67. The molecule has 1 rings (SSSR count). The third kappa shape index (κ3) is 47.1. The van der Waals surface area contributed by atoms with E-state index in [1.165, 1.54) is 46.1 Å². The number of carbonyl (C=O) groups is 11. The fourth-order valence-electron chi connectivity index (χ4n) is 5.18. The van der Waals surface area contributed by atoms with Gasteiger partial charge in [0.2, 0.25) is 47.0 Å². The van der Waals surface area contributed by atoms with Crippen LogP contribution in [0.5, 0.6) is 0 Å². The molecule has 0 saturated carbocycles. The summed E-state index contributed by atoms with van der Waals surface area (Å²) in [5, 5.41) is 23.9. The molecule has 7 amide bonds. The molecule has 22 heteroatoms. The van der Waals surface area contributed by atoms with Crippen LogP contribution in [0.4, 0.5) is 0 Å². The number of carbonyl (C=O) groups excluding carboxylic acids is 11. The first-order valence-corrected chi connectivity index (χ1v) is 25.7. The van der Waals surface area contributed by atoms with E-state index in [4.69, 9.17) is 9.47 Å².